The van der Waals surface area contributed by atoms with Gasteiger partial charge in [0, 0.05) is 15.6 Å². The van der Waals surface area contributed by atoms with Gasteiger partial charge >= 0.3 is 0 Å². The average molecular weight is 365 g/mol. The summed E-state index contributed by atoms with van der Waals surface area (Å²) in [5.41, 5.74) is 4.88. The summed E-state index contributed by atoms with van der Waals surface area (Å²) >= 11 is 3.24. The van der Waals surface area contributed by atoms with E-state index in [4.69, 9.17) is 5.73 Å². The molecule has 0 fully saturated rings. The molecule has 3 N–H and O–H groups in total. The van der Waals surface area contributed by atoms with Crippen LogP contribution < -0.4 is 10.5 Å². The monoisotopic (exact) mass is 364 g/mol. The SMILES string of the molecule is CC(C)(C)N.CC(C)(C)NS(=O)(=O)c1cccc(Br)c1. The molecule has 0 radical (unpaired) electrons. The molecule has 0 atom stereocenters. The molecule has 0 heterocycles. The van der Waals surface area contributed by atoms with Gasteiger partial charge in [0.15, 0.2) is 0 Å². The summed E-state index contributed by atoms with van der Waals surface area (Å²) in [5.74, 6) is 0. The molecule has 0 aromatic heterocycles. The lowest BCUT2D eigenvalue weighted by Gasteiger charge is -2.20. The van der Waals surface area contributed by atoms with Crippen LogP contribution in [-0.2, 0) is 10.0 Å². The average Bonchev–Trinajstić information content (AvgIpc) is 2.10. The lowest BCUT2D eigenvalue weighted by molar-refractivity contribution is 0.491. The second-order valence-corrected chi connectivity index (χ2v) is 9.28. The van der Waals surface area contributed by atoms with Gasteiger partial charge in [0.1, 0.15) is 0 Å². The van der Waals surface area contributed by atoms with E-state index in [-0.39, 0.29) is 10.4 Å². The summed E-state index contributed by atoms with van der Waals surface area (Å²) in [6.45, 7) is 11.3. The maximum absolute atomic E-state index is 11.9. The van der Waals surface area contributed by atoms with E-state index >= 15 is 0 Å². The van der Waals surface area contributed by atoms with Crippen molar-refractivity contribution < 1.29 is 8.42 Å². The molecule has 1 aromatic rings. The van der Waals surface area contributed by atoms with Crippen LogP contribution in [0, 0.1) is 0 Å². The van der Waals surface area contributed by atoms with Gasteiger partial charge in [-0.3, -0.25) is 0 Å². The minimum absolute atomic E-state index is 0. The zero-order chi connectivity index (χ0) is 16.2. The van der Waals surface area contributed by atoms with Gasteiger partial charge in [-0.05, 0) is 59.7 Å². The highest BCUT2D eigenvalue weighted by atomic mass is 79.9. The van der Waals surface area contributed by atoms with Crippen LogP contribution >= 0.6 is 15.9 Å². The lowest BCUT2D eigenvalue weighted by Crippen LogP contribution is -2.40. The standard InChI is InChI=1S/C10H14BrNO2S.C4H11N/c1-10(2,3)12-15(13,14)9-6-4-5-8(11)7-9;1-4(2,3)5/h4-7,12H,1-3H3;5H2,1-3H3. The van der Waals surface area contributed by atoms with E-state index in [1.807, 2.05) is 41.5 Å². The molecule has 1 aromatic carbocycles. The number of hydrogen-bond acceptors (Lipinski definition) is 3. The number of hydrogen-bond donors (Lipinski definition) is 2. The minimum Gasteiger partial charge on any atom is -0.326 e. The van der Waals surface area contributed by atoms with E-state index in [0.29, 0.717) is 0 Å². The zero-order valence-electron chi connectivity index (χ0n) is 13.0. The van der Waals surface area contributed by atoms with Crippen LogP contribution in [0.15, 0.2) is 33.6 Å². The van der Waals surface area contributed by atoms with Gasteiger partial charge in [-0.2, -0.15) is 0 Å². The van der Waals surface area contributed by atoms with Crippen LogP contribution in [0.2, 0.25) is 0 Å². The maximum atomic E-state index is 11.9. The molecule has 0 saturated carbocycles. The van der Waals surface area contributed by atoms with Gasteiger partial charge in [0.05, 0.1) is 4.90 Å². The highest BCUT2D eigenvalue weighted by molar-refractivity contribution is 9.10. The molecule has 0 aliphatic heterocycles. The third kappa shape index (κ3) is 10.4. The van der Waals surface area contributed by atoms with Gasteiger partial charge in [0.2, 0.25) is 10.0 Å². The Hall–Kier alpha value is -0.430. The fraction of sp³-hybridized carbons (Fsp3) is 0.571. The van der Waals surface area contributed by atoms with Crippen molar-refractivity contribution in [1.82, 2.24) is 4.72 Å². The van der Waals surface area contributed by atoms with Crippen LogP contribution in [0.25, 0.3) is 0 Å². The molecule has 116 valence electrons. The van der Waals surface area contributed by atoms with Crippen molar-refractivity contribution >= 4 is 26.0 Å². The van der Waals surface area contributed by atoms with Gasteiger partial charge in [-0.15, -0.1) is 0 Å². The number of sulfonamides is 1. The van der Waals surface area contributed by atoms with Crippen LogP contribution in [-0.4, -0.2) is 19.5 Å². The Labute approximate surface area is 131 Å². The predicted octanol–water partition coefficient (Wildman–Crippen LogP) is 3.27. The van der Waals surface area contributed by atoms with Crippen molar-refractivity contribution in [2.45, 2.75) is 57.5 Å². The van der Waals surface area contributed by atoms with E-state index in [0.717, 1.165) is 4.47 Å². The topological polar surface area (TPSA) is 72.2 Å². The molecule has 0 aliphatic rings. The molecule has 6 heteroatoms. The third-order valence-corrected chi connectivity index (χ3v) is 3.80. The van der Waals surface area contributed by atoms with E-state index in [1.165, 1.54) is 0 Å². The van der Waals surface area contributed by atoms with Gasteiger partial charge < -0.3 is 5.73 Å². The Morgan fingerprint density at radius 2 is 1.55 bits per heavy atom. The zero-order valence-corrected chi connectivity index (χ0v) is 15.4. The Morgan fingerprint density at radius 1 is 1.10 bits per heavy atom. The summed E-state index contributed by atoms with van der Waals surface area (Å²) in [6.07, 6.45) is 0. The van der Waals surface area contributed by atoms with E-state index in [1.54, 1.807) is 24.3 Å². The fourth-order valence-corrected chi connectivity index (χ4v) is 3.11. The summed E-state index contributed by atoms with van der Waals surface area (Å²) in [5, 5.41) is 0. The molecule has 0 amide bonds. The predicted molar refractivity (Wildman–Crippen MR) is 88.2 cm³/mol. The number of nitrogens with one attached hydrogen (secondary N) is 1. The van der Waals surface area contributed by atoms with Gasteiger partial charge in [0.25, 0.3) is 0 Å². The van der Waals surface area contributed by atoms with Crippen LogP contribution in [0.4, 0.5) is 0 Å². The first-order valence-electron chi connectivity index (χ1n) is 6.29. The number of halogens is 1. The van der Waals surface area contributed by atoms with E-state index < -0.39 is 15.6 Å². The highest BCUT2D eigenvalue weighted by Crippen LogP contribution is 2.17. The molecule has 0 spiro atoms. The summed E-state index contributed by atoms with van der Waals surface area (Å²) in [6, 6.07) is 6.63. The van der Waals surface area contributed by atoms with Crippen molar-refractivity contribution in [2.75, 3.05) is 0 Å². The Bertz CT molecular complexity index is 523. The Balaban J connectivity index is 0.000000621. The van der Waals surface area contributed by atoms with Crippen molar-refractivity contribution in [2.24, 2.45) is 5.73 Å². The van der Waals surface area contributed by atoms with Gasteiger partial charge in [-0.1, -0.05) is 22.0 Å². The molecule has 0 aliphatic carbocycles. The summed E-state index contributed by atoms with van der Waals surface area (Å²) in [4.78, 5) is 0.270. The molecule has 20 heavy (non-hydrogen) atoms. The number of rotatable bonds is 2. The molecule has 0 unspecified atom stereocenters. The maximum Gasteiger partial charge on any atom is 0.241 e. The Morgan fingerprint density at radius 3 is 1.90 bits per heavy atom. The van der Waals surface area contributed by atoms with Crippen molar-refractivity contribution in [1.29, 1.82) is 0 Å². The molecular weight excluding hydrogens is 340 g/mol. The van der Waals surface area contributed by atoms with Crippen LogP contribution in [0.5, 0.6) is 0 Å². The second-order valence-electron chi connectivity index (χ2n) is 6.68. The third-order valence-electron chi connectivity index (χ3n) is 1.55. The summed E-state index contributed by atoms with van der Waals surface area (Å²) < 4.78 is 27.1. The first-order chi connectivity index (χ1) is 8.71. The quantitative estimate of drug-likeness (QED) is 0.845. The molecule has 0 saturated heterocycles. The second kappa shape index (κ2) is 7.02. The highest BCUT2D eigenvalue weighted by Gasteiger charge is 2.21. The summed E-state index contributed by atoms with van der Waals surface area (Å²) in [7, 11) is -3.42. The molecule has 4 nitrogen and oxygen atoms in total. The smallest absolute Gasteiger partial charge is 0.241 e. The normalized spacial score (nSPS) is 12.6. The largest absolute Gasteiger partial charge is 0.326 e. The van der Waals surface area contributed by atoms with Crippen molar-refractivity contribution in [3.63, 3.8) is 0 Å². The van der Waals surface area contributed by atoms with Crippen molar-refractivity contribution in [3.8, 4) is 0 Å². The molecule has 0 bridgehead atoms. The van der Waals surface area contributed by atoms with Gasteiger partial charge in [-0.25, -0.2) is 13.1 Å². The van der Waals surface area contributed by atoms with Crippen LogP contribution in [0.1, 0.15) is 41.5 Å². The first-order valence-corrected chi connectivity index (χ1v) is 8.57. The molecular formula is C14H25BrN2O2S. The fourth-order valence-electron chi connectivity index (χ4n) is 1.10. The molecule has 1 rings (SSSR count). The van der Waals surface area contributed by atoms with Crippen molar-refractivity contribution in [3.05, 3.63) is 28.7 Å². The van der Waals surface area contributed by atoms with E-state index in [2.05, 4.69) is 20.7 Å². The number of nitrogens with two attached hydrogens (primary N) is 1. The Kier molecular flexibility index (Phi) is 6.87. The first kappa shape index (κ1) is 19.6. The lowest BCUT2D eigenvalue weighted by atomic mass is 10.1. The number of benzene rings is 1. The minimum atomic E-state index is -3.42. The van der Waals surface area contributed by atoms with Crippen LogP contribution in [0.3, 0.4) is 0 Å². The van der Waals surface area contributed by atoms with E-state index in [9.17, 15) is 8.42 Å².